The summed E-state index contributed by atoms with van der Waals surface area (Å²) in [6.07, 6.45) is -6.89. The van der Waals surface area contributed by atoms with Crippen molar-refractivity contribution in [2.75, 3.05) is 6.61 Å². The minimum Gasteiger partial charge on any atom is -0.463 e. The lowest BCUT2D eigenvalue weighted by Crippen LogP contribution is -2.63. The normalized spacial score (nSPS) is 25.8. The number of hydrogen-bond acceptors (Lipinski definition) is 12. The van der Waals surface area contributed by atoms with Crippen LogP contribution in [-0.4, -0.2) is 72.7 Å². The van der Waals surface area contributed by atoms with E-state index in [2.05, 4.69) is 0 Å². The van der Waals surface area contributed by atoms with Crippen LogP contribution in [0.1, 0.15) is 75.7 Å². The molecule has 1 rings (SSSR count). The Hall–Kier alpha value is -2.73. The van der Waals surface area contributed by atoms with Crippen molar-refractivity contribution in [3.8, 4) is 0 Å². The molecule has 1 heterocycles. The fourth-order valence-electron chi connectivity index (χ4n) is 4.07. The fourth-order valence-corrected chi connectivity index (χ4v) is 4.07. The molecule has 212 valence electrons. The molecular formula is C25H41NO11. The van der Waals surface area contributed by atoms with E-state index in [1.54, 1.807) is 20.8 Å². The minimum atomic E-state index is -1.60. The van der Waals surface area contributed by atoms with E-state index in [1.165, 1.54) is 0 Å². The van der Waals surface area contributed by atoms with Crippen LogP contribution in [0.2, 0.25) is 0 Å². The molecule has 0 aliphatic carbocycles. The molecule has 0 aromatic heterocycles. The predicted octanol–water partition coefficient (Wildman–Crippen LogP) is 1.79. The van der Waals surface area contributed by atoms with Crippen molar-refractivity contribution in [1.82, 2.24) is 0 Å². The molecule has 0 aromatic rings. The molecule has 2 N–H and O–H groups in total. The summed E-state index contributed by atoms with van der Waals surface area (Å²) in [6.45, 7) is 14.9. The van der Waals surface area contributed by atoms with Crippen LogP contribution in [0.3, 0.4) is 0 Å². The maximum atomic E-state index is 13.7. The topological polar surface area (TPSA) is 167 Å². The Labute approximate surface area is 217 Å². The number of esters is 5. The highest BCUT2D eigenvalue weighted by Crippen LogP contribution is 2.45. The molecule has 0 saturated carbocycles. The van der Waals surface area contributed by atoms with Crippen molar-refractivity contribution in [3.63, 3.8) is 0 Å². The predicted molar refractivity (Wildman–Crippen MR) is 128 cm³/mol. The molecule has 0 amide bonds. The number of hydrogen-bond donors (Lipinski definition) is 1. The molecule has 6 unspecified atom stereocenters. The van der Waals surface area contributed by atoms with Crippen molar-refractivity contribution < 1.29 is 52.4 Å². The van der Waals surface area contributed by atoms with Crippen molar-refractivity contribution in [2.45, 2.75) is 112 Å². The van der Waals surface area contributed by atoms with Gasteiger partial charge < -0.3 is 34.2 Å². The Kier molecular flexibility index (Phi) is 10.7. The van der Waals surface area contributed by atoms with Gasteiger partial charge in [-0.1, -0.05) is 20.8 Å². The molecule has 0 aromatic carbocycles. The second-order valence-electron chi connectivity index (χ2n) is 11.2. The first-order chi connectivity index (χ1) is 16.7. The third-order valence-corrected chi connectivity index (χ3v) is 6.09. The van der Waals surface area contributed by atoms with Gasteiger partial charge in [0.25, 0.3) is 0 Å². The van der Waals surface area contributed by atoms with Gasteiger partial charge in [-0.15, -0.1) is 0 Å². The van der Waals surface area contributed by atoms with E-state index in [1.807, 2.05) is 20.8 Å². The second-order valence-corrected chi connectivity index (χ2v) is 11.2. The summed E-state index contributed by atoms with van der Waals surface area (Å²) in [7, 11) is 0. The average molecular weight is 532 g/mol. The van der Waals surface area contributed by atoms with Crippen LogP contribution in [0.5, 0.6) is 0 Å². The SMILES string of the molecule is CC(=O)OCC1OC(OC(=O)C(C)(CC(C)(C)N)C(C)(C)C)C(OC(C)=O)C(OC(C)=O)C1OC(C)=O. The fraction of sp³-hybridized carbons (Fsp3) is 0.800. The van der Waals surface area contributed by atoms with Crippen molar-refractivity contribution in [1.29, 1.82) is 0 Å². The second kappa shape index (κ2) is 12.2. The first-order valence-electron chi connectivity index (χ1n) is 12.0. The molecule has 0 spiro atoms. The van der Waals surface area contributed by atoms with E-state index in [-0.39, 0.29) is 6.42 Å². The van der Waals surface area contributed by atoms with Gasteiger partial charge in [-0.05, 0) is 32.6 Å². The van der Waals surface area contributed by atoms with Gasteiger partial charge in [-0.2, -0.15) is 0 Å². The van der Waals surface area contributed by atoms with E-state index < -0.39 is 83.5 Å². The molecule has 1 fully saturated rings. The molecule has 37 heavy (non-hydrogen) atoms. The van der Waals surface area contributed by atoms with Gasteiger partial charge in [-0.25, -0.2) is 0 Å². The van der Waals surface area contributed by atoms with Gasteiger partial charge in [0.1, 0.15) is 12.7 Å². The zero-order valence-electron chi connectivity index (χ0n) is 23.4. The summed E-state index contributed by atoms with van der Waals surface area (Å²) >= 11 is 0. The van der Waals surface area contributed by atoms with Gasteiger partial charge in [0.15, 0.2) is 12.2 Å². The number of carbonyl (C=O) groups is 5. The van der Waals surface area contributed by atoms with Crippen molar-refractivity contribution in [2.24, 2.45) is 16.6 Å². The van der Waals surface area contributed by atoms with E-state index in [0.717, 1.165) is 27.7 Å². The van der Waals surface area contributed by atoms with Crippen LogP contribution >= 0.6 is 0 Å². The highest BCUT2D eigenvalue weighted by atomic mass is 16.7. The summed E-state index contributed by atoms with van der Waals surface area (Å²) in [5.41, 5.74) is 3.74. The van der Waals surface area contributed by atoms with Gasteiger partial charge in [-0.3, -0.25) is 24.0 Å². The Morgan fingerprint density at radius 1 is 0.703 bits per heavy atom. The molecule has 1 saturated heterocycles. The maximum Gasteiger partial charge on any atom is 0.314 e. The molecule has 12 nitrogen and oxygen atoms in total. The highest BCUT2D eigenvalue weighted by molar-refractivity contribution is 5.78. The average Bonchev–Trinajstić information content (AvgIpc) is 2.67. The van der Waals surface area contributed by atoms with Crippen LogP contribution in [0.25, 0.3) is 0 Å². The van der Waals surface area contributed by atoms with Gasteiger partial charge in [0.05, 0.1) is 5.41 Å². The maximum absolute atomic E-state index is 13.7. The Morgan fingerprint density at radius 2 is 1.16 bits per heavy atom. The lowest BCUT2D eigenvalue weighted by atomic mass is 9.63. The van der Waals surface area contributed by atoms with Crippen molar-refractivity contribution >= 4 is 29.8 Å². The summed E-state index contributed by atoms with van der Waals surface area (Å²) in [6, 6.07) is 0. The third-order valence-electron chi connectivity index (χ3n) is 6.09. The van der Waals surface area contributed by atoms with E-state index >= 15 is 0 Å². The van der Waals surface area contributed by atoms with Crippen LogP contribution in [0.15, 0.2) is 0 Å². The largest absolute Gasteiger partial charge is 0.463 e. The molecular weight excluding hydrogens is 490 g/mol. The summed E-state index contributed by atoms with van der Waals surface area (Å²) < 4.78 is 32.8. The van der Waals surface area contributed by atoms with Crippen LogP contribution < -0.4 is 5.73 Å². The summed E-state index contributed by atoms with van der Waals surface area (Å²) in [4.78, 5) is 61.0. The summed E-state index contributed by atoms with van der Waals surface area (Å²) in [5, 5.41) is 0. The molecule has 1 aliphatic heterocycles. The van der Waals surface area contributed by atoms with Crippen LogP contribution in [-0.2, 0) is 52.4 Å². The number of carbonyl (C=O) groups excluding carboxylic acids is 5. The Bertz CT molecular complexity index is 873. The lowest BCUT2D eigenvalue weighted by Gasteiger charge is -2.47. The smallest absolute Gasteiger partial charge is 0.314 e. The van der Waals surface area contributed by atoms with Crippen LogP contribution in [0.4, 0.5) is 0 Å². The number of nitrogens with two attached hydrogens (primary N) is 1. The molecule has 1 aliphatic rings. The molecule has 6 atom stereocenters. The highest BCUT2D eigenvalue weighted by Gasteiger charge is 2.56. The summed E-state index contributed by atoms with van der Waals surface area (Å²) in [5.74, 6) is -3.72. The quantitative estimate of drug-likeness (QED) is 0.339. The standard InChI is InChI=1S/C25H41NO11/c1-13(27)32-11-17-18(33-14(2)28)19(34-15(3)29)20(35-16(4)30)21(36-17)37-22(31)25(10,23(5,6)7)12-24(8,9)26/h17-21H,11-12,26H2,1-10H3. The van der Waals surface area contributed by atoms with E-state index in [4.69, 9.17) is 34.2 Å². The third kappa shape index (κ3) is 9.26. The Morgan fingerprint density at radius 3 is 1.57 bits per heavy atom. The van der Waals surface area contributed by atoms with Crippen molar-refractivity contribution in [3.05, 3.63) is 0 Å². The van der Waals surface area contributed by atoms with Gasteiger partial charge >= 0.3 is 29.8 Å². The number of rotatable bonds is 9. The minimum absolute atomic E-state index is 0.230. The van der Waals surface area contributed by atoms with E-state index in [9.17, 15) is 24.0 Å². The first-order valence-corrected chi connectivity index (χ1v) is 12.0. The van der Waals surface area contributed by atoms with Gasteiger partial charge in [0.2, 0.25) is 12.4 Å². The lowest BCUT2D eigenvalue weighted by molar-refractivity contribution is -0.304. The monoisotopic (exact) mass is 531 g/mol. The first kappa shape index (κ1) is 32.3. The zero-order valence-corrected chi connectivity index (χ0v) is 23.4. The zero-order chi connectivity index (χ0) is 28.9. The molecule has 0 bridgehead atoms. The molecule has 12 heteroatoms. The molecule has 0 radical (unpaired) electrons. The number of ether oxygens (including phenoxy) is 6. The van der Waals surface area contributed by atoms with Gasteiger partial charge in [0, 0.05) is 33.2 Å². The van der Waals surface area contributed by atoms with Crippen LogP contribution in [0, 0.1) is 10.8 Å². The Balaban J connectivity index is 3.57. The van der Waals surface area contributed by atoms with E-state index in [0.29, 0.717) is 0 Å².